The van der Waals surface area contributed by atoms with Gasteiger partial charge in [0.2, 0.25) is 10.0 Å². The molecule has 1 aliphatic heterocycles. The molecule has 1 fully saturated rings. The molecule has 1 heterocycles. The molecular weight excluding hydrogens is 405 g/mol. The minimum Gasteiger partial charge on any atom is -0.338 e. The maximum Gasteiger partial charge on any atom is 0.319 e. The fourth-order valence-electron chi connectivity index (χ4n) is 3.66. The number of halogens is 1. The van der Waals surface area contributed by atoms with Gasteiger partial charge < -0.3 is 10.6 Å². The summed E-state index contributed by atoms with van der Waals surface area (Å²) >= 11 is 0. The molecule has 0 unspecified atom stereocenters. The average Bonchev–Trinajstić information content (AvgIpc) is 2.72. The Labute approximate surface area is 177 Å². The van der Waals surface area contributed by atoms with Gasteiger partial charge in [0.15, 0.2) is 0 Å². The Hall–Kier alpha value is -2.45. The maximum atomic E-state index is 13.6. The predicted octanol–water partition coefficient (Wildman–Crippen LogP) is 4.20. The van der Waals surface area contributed by atoms with E-state index in [1.165, 1.54) is 22.5 Å². The molecule has 0 spiro atoms. The van der Waals surface area contributed by atoms with Gasteiger partial charge in [-0.05, 0) is 69.0 Å². The molecule has 2 N–H and O–H groups in total. The van der Waals surface area contributed by atoms with Crippen molar-refractivity contribution in [2.75, 3.05) is 18.4 Å². The van der Waals surface area contributed by atoms with Crippen molar-refractivity contribution < 1.29 is 17.6 Å². The van der Waals surface area contributed by atoms with Crippen molar-refractivity contribution in [1.29, 1.82) is 0 Å². The van der Waals surface area contributed by atoms with Crippen molar-refractivity contribution in [3.63, 3.8) is 0 Å². The van der Waals surface area contributed by atoms with Gasteiger partial charge in [0.05, 0.1) is 4.90 Å². The van der Waals surface area contributed by atoms with Crippen LogP contribution in [0.4, 0.5) is 14.9 Å². The third-order valence-corrected chi connectivity index (χ3v) is 7.33. The van der Waals surface area contributed by atoms with E-state index in [9.17, 15) is 17.6 Å². The number of aryl methyl sites for hydroxylation is 2. The Bertz CT molecular complexity index is 993. The van der Waals surface area contributed by atoms with Crippen LogP contribution >= 0.6 is 0 Å². The quantitative estimate of drug-likeness (QED) is 0.717. The number of piperidine rings is 1. The van der Waals surface area contributed by atoms with Gasteiger partial charge in [-0.15, -0.1) is 0 Å². The van der Waals surface area contributed by atoms with Crippen LogP contribution in [-0.4, -0.2) is 37.9 Å². The minimum atomic E-state index is -3.72. The largest absolute Gasteiger partial charge is 0.338 e. The van der Waals surface area contributed by atoms with Crippen molar-refractivity contribution in [3.05, 3.63) is 59.4 Å². The van der Waals surface area contributed by atoms with E-state index in [0.29, 0.717) is 30.8 Å². The van der Waals surface area contributed by atoms with E-state index in [1.54, 1.807) is 6.92 Å². The second-order valence-electron chi connectivity index (χ2n) is 7.71. The lowest BCUT2D eigenvalue weighted by Gasteiger charge is -2.34. The second-order valence-corrected chi connectivity index (χ2v) is 9.60. The summed E-state index contributed by atoms with van der Waals surface area (Å²) in [7, 11) is -3.72. The number of hydrogen-bond donors (Lipinski definition) is 2. The molecule has 162 valence electrons. The number of amides is 2. The van der Waals surface area contributed by atoms with Crippen LogP contribution < -0.4 is 10.6 Å². The normalized spacial score (nSPS) is 17.5. The van der Waals surface area contributed by atoms with E-state index in [4.69, 9.17) is 0 Å². The molecule has 2 aromatic rings. The van der Waals surface area contributed by atoms with Gasteiger partial charge in [0.25, 0.3) is 0 Å². The Morgan fingerprint density at radius 1 is 1.13 bits per heavy atom. The average molecular weight is 434 g/mol. The van der Waals surface area contributed by atoms with Crippen molar-refractivity contribution in [3.8, 4) is 0 Å². The number of carbonyl (C=O) groups excluding carboxylic acids is 1. The predicted molar refractivity (Wildman–Crippen MR) is 115 cm³/mol. The molecule has 0 aliphatic carbocycles. The highest BCUT2D eigenvalue weighted by Gasteiger charge is 2.33. The summed E-state index contributed by atoms with van der Waals surface area (Å²) in [5, 5.41) is 5.57. The van der Waals surface area contributed by atoms with Crippen LogP contribution in [-0.2, 0) is 10.0 Å². The van der Waals surface area contributed by atoms with Crippen LogP contribution in [0, 0.1) is 19.7 Å². The molecule has 2 amide bonds. The smallest absolute Gasteiger partial charge is 0.319 e. The van der Waals surface area contributed by atoms with Crippen LogP contribution in [0.5, 0.6) is 0 Å². The van der Waals surface area contributed by atoms with E-state index in [2.05, 4.69) is 10.6 Å². The van der Waals surface area contributed by atoms with Crippen molar-refractivity contribution >= 4 is 21.7 Å². The Morgan fingerprint density at radius 2 is 1.87 bits per heavy atom. The third kappa shape index (κ3) is 5.37. The number of nitrogens with one attached hydrogen (secondary N) is 2. The zero-order valence-corrected chi connectivity index (χ0v) is 18.1. The first kappa shape index (κ1) is 22.2. The summed E-state index contributed by atoms with van der Waals surface area (Å²) in [6, 6.07) is 10.9. The van der Waals surface area contributed by atoms with E-state index >= 15 is 0 Å². The number of hydrogen-bond acceptors (Lipinski definition) is 3. The number of sulfonamides is 1. The summed E-state index contributed by atoms with van der Waals surface area (Å²) in [6.07, 6.45) is 2.98. The number of rotatable bonds is 6. The van der Waals surface area contributed by atoms with Crippen molar-refractivity contribution in [2.45, 2.75) is 50.5 Å². The van der Waals surface area contributed by atoms with E-state index < -0.39 is 15.8 Å². The molecule has 0 bridgehead atoms. The number of benzene rings is 2. The number of nitrogens with zero attached hydrogens (tertiary/aromatic N) is 1. The molecule has 8 heteroatoms. The van der Waals surface area contributed by atoms with Gasteiger partial charge in [0, 0.05) is 24.8 Å². The lowest BCUT2D eigenvalue weighted by Crippen LogP contribution is -2.45. The Kier molecular flexibility index (Phi) is 7.10. The molecule has 2 aromatic carbocycles. The van der Waals surface area contributed by atoms with Crippen LogP contribution in [0.25, 0.3) is 0 Å². The third-order valence-electron chi connectivity index (χ3n) is 5.38. The molecule has 0 radical (unpaired) electrons. The first-order valence-corrected chi connectivity index (χ1v) is 11.6. The van der Waals surface area contributed by atoms with Gasteiger partial charge in [-0.25, -0.2) is 17.6 Å². The van der Waals surface area contributed by atoms with E-state index in [-0.39, 0.29) is 17.0 Å². The number of urea groups is 1. The molecule has 30 heavy (non-hydrogen) atoms. The van der Waals surface area contributed by atoms with Gasteiger partial charge in [0.1, 0.15) is 5.82 Å². The molecule has 1 aliphatic rings. The molecule has 0 aromatic heterocycles. The molecular formula is C22H28FN3O3S. The van der Waals surface area contributed by atoms with Gasteiger partial charge in [-0.1, -0.05) is 24.1 Å². The van der Waals surface area contributed by atoms with Gasteiger partial charge in [-0.2, -0.15) is 4.31 Å². The highest BCUT2D eigenvalue weighted by Crippen LogP contribution is 2.27. The SMILES string of the molecule is Cc1ccc(NC(=O)NCC[C@@H]2CCCCN2S(=O)(=O)c2ccc(F)c(C)c2)cc1. The first-order chi connectivity index (χ1) is 14.3. The number of anilines is 1. The standard InChI is InChI=1S/C22H28FN3O3S/c1-16-6-8-18(9-7-16)25-22(27)24-13-12-19-5-3-4-14-26(19)30(28,29)20-10-11-21(23)17(2)15-20/h6-11,15,19H,3-5,12-14H2,1-2H3,(H2,24,25,27)/t19-/m0/s1. The monoisotopic (exact) mass is 433 g/mol. The summed E-state index contributed by atoms with van der Waals surface area (Å²) in [4.78, 5) is 12.2. The summed E-state index contributed by atoms with van der Waals surface area (Å²) in [5.74, 6) is -0.423. The van der Waals surface area contributed by atoms with E-state index in [1.807, 2.05) is 31.2 Å². The summed E-state index contributed by atoms with van der Waals surface area (Å²) in [6.45, 7) is 4.31. The first-order valence-electron chi connectivity index (χ1n) is 10.2. The van der Waals surface area contributed by atoms with Gasteiger partial charge >= 0.3 is 6.03 Å². The molecule has 6 nitrogen and oxygen atoms in total. The van der Waals surface area contributed by atoms with Crippen molar-refractivity contribution in [2.24, 2.45) is 0 Å². The maximum absolute atomic E-state index is 13.6. The zero-order valence-electron chi connectivity index (χ0n) is 17.3. The van der Waals surface area contributed by atoms with Crippen molar-refractivity contribution in [1.82, 2.24) is 9.62 Å². The minimum absolute atomic E-state index is 0.110. The van der Waals surface area contributed by atoms with Crippen LogP contribution in [0.3, 0.4) is 0 Å². The Morgan fingerprint density at radius 3 is 2.57 bits per heavy atom. The fraction of sp³-hybridized carbons (Fsp3) is 0.409. The van der Waals surface area contributed by atoms with Gasteiger partial charge in [-0.3, -0.25) is 0 Å². The lowest BCUT2D eigenvalue weighted by atomic mass is 10.0. The Balaban J connectivity index is 1.60. The highest BCUT2D eigenvalue weighted by atomic mass is 32.2. The molecule has 0 saturated carbocycles. The number of carbonyl (C=O) groups is 1. The summed E-state index contributed by atoms with van der Waals surface area (Å²) < 4.78 is 41.3. The zero-order chi connectivity index (χ0) is 21.7. The highest BCUT2D eigenvalue weighted by molar-refractivity contribution is 7.89. The topological polar surface area (TPSA) is 78.5 Å². The lowest BCUT2D eigenvalue weighted by molar-refractivity contribution is 0.234. The van der Waals surface area contributed by atoms with Crippen LogP contribution in [0.1, 0.15) is 36.8 Å². The molecule has 1 atom stereocenters. The van der Waals surface area contributed by atoms with Crippen LogP contribution in [0.2, 0.25) is 0 Å². The summed E-state index contributed by atoms with van der Waals surface area (Å²) in [5.41, 5.74) is 2.11. The fourth-order valence-corrected chi connectivity index (χ4v) is 5.47. The molecule has 3 rings (SSSR count). The second kappa shape index (κ2) is 9.57. The molecule has 1 saturated heterocycles. The van der Waals surface area contributed by atoms with E-state index in [0.717, 1.165) is 24.8 Å². The van der Waals surface area contributed by atoms with Crippen LogP contribution in [0.15, 0.2) is 47.4 Å².